The van der Waals surface area contributed by atoms with Gasteiger partial charge < -0.3 is 19.9 Å². The Labute approximate surface area is 81.2 Å². The highest BCUT2D eigenvalue weighted by Gasteiger charge is 2.17. The van der Waals surface area contributed by atoms with Crippen LogP contribution in [0.5, 0.6) is 0 Å². The first-order valence-electron chi connectivity index (χ1n) is 4.35. The second-order valence-corrected chi connectivity index (χ2v) is 3.01. The molecule has 6 nitrogen and oxygen atoms in total. The van der Waals surface area contributed by atoms with Crippen LogP contribution in [-0.2, 0) is 19.1 Å². The predicted octanol–water partition coefficient (Wildman–Crippen LogP) is -1.01. The summed E-state index contributed by atoms with van der Waals surface area (Å²) in [5.74, 6) is -1.39. The van der Waals surface area contributed by atoms with E-state index in [9.17, 15) is 9.59 Å². The van der Waals surface area contributed by atoms with Crippen LogP contribution in [0.2, 0.25) is 0 Å². The van der Waals surface area contributed by atoms with Gasteiger partial charge in [0.15, 0.2) is 0 Å². The average Bonchev–Trinajstić information content (AvgIpc) is 2.56. The number of carbonyl (C=O) groups is 2. The van der Waals surface area contributed by atoms with Crippen molar-refractivity contribution in [1.82, 2.24) is 5.32 Å². The number of hydrogen-bond donors (Lipinski definition) is 2. The fraction of sp³-hybridized carbons (Fsp3) is 0.750. The monoisotopic (exact) mass is 203 g/mol. The summed E-state index contributed by atoms with van der Waals surface area (Å²) in [6.45, 7) is 0.503. The molecule has 1 unspecified atom stereocenters. The van der Waals surface area contributed by atoms with Gasteiger partial charge >= 0.3 is 5.97 Å². The first-order chi connectivity index (χ1) is 6.68. The molecule has 80 valence electrons. The number of amides is 1. The Hall–Kier alpha value is -1.14. The van der Waals surface area contributed by atoms with E-state index in [0.29, 0.717) is 13.2 Å². The predicted molar refractivity (Wildman–Crippen MR) is 45.8 cm³/mol. The van der Waals surface area contributed by atoms with Gasteiger partial charge in [0.05, 0.1) is 12.6 Å². The van der Waals surface area contributed by atoms with Gasteiger partial charge in [-0.2, -0.15) is 0 Å². The Morgan fingerprint density at radius 2 is 2.29 bits per heavy atom. The molecule has 6 heteroatoms. The van der Waals surface area contributed by atoms with Crippen LogP contribution in [0.4, 0.5) is 0 Å². The normalized spacial score (nSPS) is 20.7. The van der Waals surface area contributed by atoms with E-state index >= 15 is 0 Å². The Balaban J connectivity index is 2.06. The molecule has 0 aliphatic carbocycles. The van der Waals surface area contributed by atoms with Gasteiger partial charge in [0.2, 0.25) is 5.91 Å². The molecule has 0 aromatic rings. The number of rotatable bonds is 5. The number of carboxylic acids is 1. The SMILES string of the molecule is O=C(O)COCC(=O)NC1CCOC1. The molecule has 0 aromatic heterocycles. The van der Waals surface area contributed by atoms with Crippen molar-refractivity contribution in [2.75, 3.05) is 26.4 Å². The molecule has 0 spiro atoms. The summed E-state index contributed by atoms with van der Waals surface area (Å²) in [5, 5.41) is 10.9. The number of carbonyl (C=O) groups excluding carboxylic acids is 1. The van der Waals surface area contributed by atoms with Gasteiger partial charge in [-0.1, -0.05) is 0 Å². The first-order valence-corrected chi connectivity index (χ1v) is 4.35. The zero-order valence-corrected chi connectivity index (χ0v) is 7.69. The molecule has 1 atom stereocenters. The van der Waals surface area contributed by atoms with Gasteiger partial charge in [-0.05, 0) is 6.42 Å². The fourth-order valence-corrected chi connectivity index (χ4v) is 1.15. The van der Waals surface area contributed by atoms with Gasteiger partial charge in [0.1, 0.15) is 13.2 Å². The third kappa shape index (κ3) is 4.20. The van der Waals surface area contributed by atoms with Crippen LogP contribution >= 0.6 is 0 Å². The second-order valence-electron chi connectivity index (χ2n) is 3.01. The van der Waals surface area contributed by atoms with Gasteiger partial charge in [-0.25, -0.2) is 4.79 Å². The van der Waals surface area contributed by atoms with Crippen molar-refractivity contribution in [2.24, 2.45) is 0 Å². The molecular weight excluding hydrogens is 190 g/mol. The molecule has 14 heavy (non-hydrogen) atoms. The molecule has 1 rings (SSSR count). The van der Waals surface area contributed by atoms with Crippen LogP contribution in [0.3, 0.4) is 0 Å². The van der Waals surface area contributed by atoms with Gasteiger partial charge in [-0.3, -0.25) is 4.79 Å². The fourth-order valence-electron chi connectivity index (χ4n) is 1.15. The maximum Gasteiger partial charge on any atom is 0.329 e. The summed E-state index contributed by atoms with van der Waals surface area (Å²) >= 11 is 0. The summed E-state index contributed by atoms with van der Waals surface area (Å²) in [6, 6.07) is 0.0379. The van der Waals surface area contributed by atoms with E-state index in [1.54, 1.807) is 0 Å². The van der Waals surface area contributed by atoms with E-state index in [-0.39, 0.29) is 18.6 Å². The van der Waals surface area contributed by atoms with Crippen molar-refractivity contribution < 1.29 is 24.2 Å². The highest BCUT2D eigenvalue weighted by molar-refractivity contribution is 5.78. The molecule has 1 amide bonds. The van der Waals surface area contributed by atoms with E-state index in [1.165, 1.54) is 0 Å². The second kappa shape index (κ2) is 5.56. The summed E-state index contributed by atoms with van der Waals surface area (Å²) in [6.07, 6.45) is 0.796. The van der Waals surface area contributed by atoms with Gasteiger partial charge in [0.25, 0.3) is 0 Å². The van der Waals surface area contributed by atoms with Gasteiger partial charge in [-0.15, -0.1) is 0 Å². The molecule has 1 aliphatic rings. The van der Waals surface area contributed by atoms with E-state index in [2.05, 4.69) is 10.1 Å². The molecule has 1 fully saturated rings. The summed E-state index contributed by atoms with van der Waals surface area (Å²) in [7, 11) is 0. The lowest BCUT2D eigenvalue weighted by atomic mass is 10.2. The smallest absolute Gasteiger partial charge is 0.329 e. The quantitative estimate of drug-likeness (QED) is 0.598. The van der Waals surface area contributed by atoms with Crippen LogP contribution in [0.15, 0.2) is 0 Å². The number of nitrogens with one attached hydrogen (secondary N) is 1. The molecule has 1 aliphatic heterocycles. The number of hydrogen-bond acceptors (Lipinski definition) is 4. The van der Waals surface area contributed by atoms with Crippen molar-refractivity contribution in [3.05, 3.63) is 0 Å². The lowest BCUT2D eigenvalue weighted by Gasteiger charge is -2.09. The third-order valence-electron chi connectivity index (χ3n) is 1.75. The Morgan fingerprint density at radius 3 is 2.86 bits per heavy atom. The minimum Gasteiger partial charge on any atom is -0.480 e. The first kappa shape index (κ1) is 10.9. The van der Waals surface area contributed by atoms with Crippen molar-refractivity contribution >= 4 is 11.9 Å². The number of ether oxygens (including phenoxy) is 2. The van der Waals surface area contributed by atoms with E-state index in [4.69, 9.17) is 9.84 Å². The minimum atomic E-state index is -1.08. The Kier molecular flexibility index (Phi) is 4.34. The summed E-state index contributed by atoms with van der Waals surface area (Å²) < 4.78 is 9.67. The van der Waals surface area contributed by atoms with Crippen molar-refractivity contribution in [1.29, 1.82) is 0 Å². The molecule has 0 radical (unpaired) electrons. The van der Waals surface area contributed by atoms with Crippen molar-refractivity contribution in [3.8, 4) is 0 Å². The maximum atomic E-state index is 11.1. The van der Waals surface area contributed by atoms with E-state index in [1.807, 2.05) is 0 Å². The van der Waals surface area contributed by atoms with Crippen LogP contribution in [0, 0.1) is 0 Å². The van der Waals surface area contributed by atoms with E-state index < -0.39 is 12.6 Å². The van der Waals surface area contributed by atoms with Crippen molar-refractivity contribution in [2.45, 2.75) is 12.5 Å². The molecule has 0 aromatic carbocycles. The third-order valence-corrected chi connectivity index (χ3v) is 1.75. The van der Waals surface area contributed by atoms with Crippen molar-refractivity contribution in [3.63, 3.8) is 0 Å². The molecule has 2 N–H and O–H groups in total. The molecular formula is C8H13NO5. The zero-order valence-electron chi connectivity index (χ0n) is 7.69. The number of aliphatic carboxylic acids is 1. The molecule has 1 heterocycles. The highest BCUT2D eigenvalue weighted by atomic mass is 16.5. The molecule has 1 saturated heterocycles. The lowest BCUT2D eigenvalue weighted by Crippen LogP contribution is -2.37. The zero-order chi connectivity index (χ0) is 10.4. The topological polar surface area (TPSA) is 84.9 Å². The van der Waals surface area contributed by atoms with Crippen LogP contribution in [0.1, 0.15) is 6.42 Å². The minimum absolute atomic E-state index is 0.0379. The average molecular weight is 203 g/mol. The number of carboxylic acid groups (broad SMARTS) is 1. The van der Waals surface area contributed by atoms with Gasteiger partial charge in [0, 0.05) is 6.61 Å². The summed E-state index contributed by atoms with van der Waals surface area (Å²) in [4.78, 5) is 21.1. The van der Waals surface area contributed by atoms with E-state index in [0.717, 1.165) is 6.42 Å². The standard InChI is InChI=1S/C8H13NO5/c10-7(4-14-5-8(11)12)9-6-1-2-13-3-6/h6H,1-5H2,(H,9,10)(H,11,12). The Morgan fingerprint density at radius 1 is 1.50 bits per heavy atom. The highest BCUT2D eigenvalue weighted by Crippen LogP contribution is 2.02. The van der Waals surface area contributed by atoms with Crippen LogP contribution < -0.4 is 5.32 Å². The molecule has 0 bridgehead atoms. The summed E-state index contributed by atoms with van der Waals surface area (Å²) in [5.41, 5.74) is 0. The maximum absolute atomic E-state index is 11.1. The molecule has 0 saturated carbocycles. The Bertz CT molecular complexity index is 212. The lowest BCUT2D eigenvalue weighted by molar-refractivity contribution is -0.143. The van der Waals surface area contributed by atoms with Crippen LogP contribution in [0.25, 0.3) is 0 Å². The van der Waals surface area contributed by atoms with Crippen LogP contribution in [-0.4, -0.2) is 49.5 Å². The largest absolute Gasteiger partial charge is 0.480 e.